The number of hydrogen-bond donors (Lipinski definition) is 0. The van der Waals surface area contributed by atoms with Crippen LogP contribution in [0.1, 0.15) is 47.0 Å². The lowest BCUT2D eigenvalue weighted by atomic mass is 9.78. The van der Waals surface area contributed by atoms with Gasteiger partial charge in [-0.05, 0) is 37.5 Å². The summed E-state index contributed by atoms with van der Waals surface area (Å²) >= 11 is 0. The summed E-state index contributed by atoms with van der Waals surface area (Å²) < 4.78 is 0. The molecule has 0 aromatic rings. The van der Waals surface area contributed by atoms with Gasteiger partial charge in [-0.2, -0.15) is 0 Å². The van der Waals surface area contributed by atoms with E-state index in [2.05, 4.69) is 33.8 Å². The molecule has 0 heterocycles. The van der Waals surface area contributed by atoms with E-state index in [1.807, 2.05) is 0 Å². The van der Waals surface area contributed by atoms with Gasteiger partial charge in [0, 0.05) is 0 Å². The third-order valence-electron chi connectivity index (χ3n) is 3.56. The standard InChI is InChI=1S/C12H22/c1-5-9(2)12-7-6-10(3)11(4)8-12/h8-10,12H,5-7H2,1-4H3. The molecule has 0 spiro atoms. The minimum atomic E-state index is 0.838. The van der Waals surface area contributed by atoms with Gasteiger partial charge in [-0.3, -0.25) is 0 Å². The van der Waals surface area contributed by atoms with Crippen LogP contribution in [0.4, 0.5) is 0 Å². The molecule has 1 aliphatic rings. The van der Waals surface area contributed by atoms with Crippen LogP contribution in [0.2, 0.25) is 0 Å². The number of allylic oxidation sites excluding steroid dienone is 2. The summed E-state index contributed by atoms with van der Waals surface area (Å²) in [5.41, 5.74) is 1.62. The minimum Gasteiger partial charge on any atom is -0.0820 e. The molecular weight excluding hydrogens is 144 g/mol. The Bertz CT molecular complexity index is 167. The van der Waals surface area contributed by atoms with Gasteiger partial charge in [-0.25, -0.2) is 0 Å². The van der Waals surface area contributed by atoms with Crippen molar-refractivity contribution in [2.24, 2.45) is 17.8 Å². The molecule has 0 aliphatic heterocycles. The third kappa shape index (κ3) is 2.12. The van der Waals surface area contributed by atoms with Gasteiger partial charge in [-0.1, -0.05) is 38.8 Å². The van der Waals surface area contributed by atoms with Crippen molar-refractivity contribution in [2.75, 3.05) is 0 Å². The first kappa shape index (κ1) is 9.83. The summed E-state index contributed by atoms with van der Waals surface area (Å²) in [6.45, 7) is 9.31. The molecule has 0 saturated heterocycles. The Morgan fingerprint density at radius 3 is 2.67 bits per heavy atom. The van der Waals surface area contributed by atoms with Gasteiger partial charge < -0.3 is 0 Å². The Kier molecular flexibility index (Phi) is 3.37. The van der Waals surface area contributed by atoms with E-state index in [1.165, 1.54) is 19.3 Å². The molecule has 1 rings (SSSR count). The van der Waals surface area contributed by atoms with Crippen LogP contribution in [-0.4, -0.2) is 0 Å². The molecule has 0 N–H and O–H groups in total. The van der Waals surface area contributed by atoms with Crippen LogP contribution in [-0.2, 0) is 0 Å². The first-order valence-electron chi connectivity index (χ1n) is 5.33. The fourth-order valence-corrected chi connectivity index (χ4v) is 2.01. The topological polar surface area (TPSA) is 0 Å². The third-order valence-corrected chi connectivity index (χ3v) is 3.56. The predicted molar refractivity (Wildman–Crippen MR) is 55.1 cm³/mol. The molecule has 0 fully saturated rings. The van der Waals surface area contributed by atoms with Crippen LogP contribution >= 0.6 is 0 Å². The van der Waals surface area contributed by atoms with Gasteiger partial charge in [0.1, 0.15) is 0 Å². The maximum atomic E-state index is 2.52. The summed E-state index contributed by atoms with van der Waals surface area (Å²) in [7, 11) is 0. The van der Waals surface area contributed by atoms with E-state index >= 15 is 0 Å². The van der Waals surface area contributed by atoms with Crippen molar-refractivity contribution in [3.8, 4) is 0 Å². The summed E-state index contributed by atoms with van der Waals surface area (Å²) in [4.78, 5) is 0. The zero-order valence-corrected chi connectivity index (χ0v) is 8.93. The Morgan fingerprint density at radius 1 is 1.50 bits per heavy atom. The van der Waals surface area contributed by atoms with Gasteiger partial charge in [-0.15, -0.1) is 0 Å². The molecule has 0 heteroatoms. The van der Waals surface area contributed by atoms with Crippen molar-refractivity contribution < 1.29 is 0 Å². The van der Waals surface area contributed by atoms with E-state index in [0.717, 1.165) is 17.8 Å². The smallest absolute Gasteiger partial charge is 0.0205 e. The lowest BCUT2D eigenvalue weighted by Crippen LogP contribution is -2.16. The Hall–Kier alpha value is -0.260. The highest BCUT2D eigenvalue weighted by Crippen LogP contribution is 2.32. The van der Waals surface area contributed by atoms with Crippen LogP contribution in [0.15, 0.2) is 11.6 Å². The SMILES string of the molecule is CCC(C)C1C=C(C)C(C)CC1. The van der Waals surface area contributed by atoms with Crippen molar-refractivity contribution in [1.82, 2.24) is 0 Å². The first-order valence-corrected chi connectivity index (χ1v) is 5.33. The van der Waals surface area contributed by atoms with Crippen molar-refractivity contribution in [3.63, 3.8) is 0 Å². The van der Waals surface area contributed by atoms with Gasteiger partial charge in [0.2, 0.25) is 0 Å². The Morgan fingerprint density at radius 2 is 2.17 bits per heavy atom. The Labute approximate surface area is 77.1 Å². The average molecular weight is 166 g/mol. The second-order valence-electron chi connectivity index (χ2n) is 4.44. The zero-order valence-electron chi connectivity index (χ0n) is 8.93. The molecule has 0 aromatic heterocycles. The lowest BCUT2D eigenvalue weighted by Gasteiger charge is -2.28. The summed E-state index contributed by atoms with van der Waals surface area (Å²) in [6.07, 6.45) is 6.65. The van der Waals surface area contributed by atoms with E-state index in [1.54, 1.807) is 5.57 Å². The molecule has 3 unspecified atom stereocenters. The lowest BCUT2D eigenvalue weighted by molar-refractivity contribution is 0.344. The van der Waals surface area contributed by atoms with Gasteiger partial charge in [0.05, 0.1) is 0 Å². The van der Waals surface area contributed by atoms with E-state index in [0.29, 0.717) is 0 Å². The first-order chi connectivity index (χ1) is 5.65. The molecule has 0 nitrogen and oxygen atoms in total. The van der Waals surface area contributed by atoms with Crippen molar-refractivity contribution in [1.29, 1.82) is 0 Å². The van der Waals surface area contributed by atoms with Crippen LogP contribution in [0, 0.1) is 17.8 Å². The Balaban J connectivity index is 2.59. The number of rotatable bonds is 2. The summed E-state index contributed by atoms with van der Waals surface area (Å²) in [5.74, 6) is 2.59. The summed E-state index contributed by atoms with van der Waals surface area (Å²) in [6, 6.07) is 0. The molecule has 12 heavy (non-hydrogen) atoms. The molecule has 0 saturated carbocycles. The highest BCUT2D eigenvalue weighted by atomic mass is 14.3. The largest absolute Gasteiger partial charge is 0.0820 e. The molecule has 70 valence electrons. The van der Waals surface area contributed by atoms with Crippen molar-refractivity contribution >= 4 is 0 Å². The number of hydrogen-bond acceptors (Lipinski definition) is 0. The van der Waals surface area contributed by atoms with Crippen molar-refractivity contribution in [3.05, 3.63) is 11.6 Å². The zero-order chi connectivity index (χ0) is 9.14. The molecular formula is C12H22. The normalized spacial score (nSPS) is 32.8. The van der Waals surface area contributed by atoms with E-state index in [9.17, 15) is 0 Å². The van der Waals surface area contributed by atoms with Crippen LogP contribution in [0.5, 0.6) is 0 Å². The van der Waals surface area contributed by atoms with E-state index in [4.69, 9.17) is 0 Å². The molecule has 0 radical (unpaired) electrons. The predicted octanol–water partition coefficient (Wildman–Crippen LogP) is 4.02. The fourth-order valence-electron chi connectivity index (χ4n) is 2.01. The fraction of sp³-hybridized carbons (Fsp3) is 0.833. The van der Waals surface area contributed by atoms with E-state index < -0.39 is 0 Å². The maximum Gasteiger partial charge on any atom is -0.0205 e. The van der Waals surface area contributed by atoms with Crippen LogP contribution < -0.4 is 0 Å². The maximum absolute atomic E-state index is 2.52. The second-order valence-corrected chi connectivity index (χ2v) is 4.44. The van der Waals surface area contributed by atoms with Crippen molar-refractivity contribution in [2.45, 2.75) is 47.0 Å². The highest BCUT2D eigenvalue weighted by Gasteiger charge is 2.20. The van der Waals surface area contributed by atoms with Crippen LogP contribution in [0.25, 0.3) is 0 Å². The van der Waals surface area contributed by atoms with Gasteiger partial charge in [0.25, 0.3) is 0 Å². The van der Waals surface area contributed by atoms with E-state index in [-0.39, 0.29) is 0 Å². The molecule has 1 aliphatic carbocycles. The molecule has 3 atom stereocenters. The monoisotopic (exact) mass is 166 g/mol. The molecule has 0 amide bonds. The summed E-state index contributed by atoms with van der Waals surface area (Å²) in [5, 5.41) is 0. The average Bonchev–Trinajstić information content (AvgIpc) is 2.08. The van der Waals surface area contributed by atoms with Gasteiger partial charge >= 0.3 is 0 Å². The highest BCUT2D eigenvalue weighted by molar-refractivity contribution is 5.09. The molecule has 0 bridgehead atoms. The minimum absolute atomic E-state index is 0.838. The quantitative estimate of drug-likeness (QED) is 0.543. The molecule has 0 aromatic carbocycles. The van der Waals surface area contributed by atoms with Crippen LogP contribution in [0.3, 0.4) is 0 Å². The van der Waals surface area contributed by atoms with Gasteiger partial charge in [0.15, 0.2) is 0 Å². The second kappa shape index (κ2) is 4.11.